The number of hydrogen-bond donors (Lipinski definition) is 10. The molecule has 64 heavy (non-hydrogen) atoms. The lowest BCUT2D eigenvalue weighted by atomic mass is 9.33. The molecular weight excluding hydrogens is 837 g/mol. The van der Waals surface area contributed by atoms with Crippen molar-refractivity contribution in [2.45, 2.75) is 211 Å². The van der Waals surface area contributed by atoms with Gasteiger partial charge in [0.1, 0.15) is 61.0 Å². The molecule has 0 aromatic carbocycles. The van der Waals surface area contributed by atoms with Gasteiger partial charge in [-0.25, -0.2) is 0 Å². The molecule has 8 aliphatic rings. The maximum atomic E-state index is 13.2. The zero-order valence-electron chi connectivity index (χ0n) is 38.7. The third-order valence-electron chi connectivity index (χ3n) is 19.4. The van der Waals surface area contributed by atoms with Crippen LogP contribution in [0.4, 0.5) is 0 Å². The fraction of sp³-hybridized carbons (Fsp3) is 0.936. The highest BCUT2D eigenvalue weighted by Gasteiger charge is 2.71. The number of carbonyl (C=O) groups is 1. The van der Waals surface area contributed by atoms with E-state index >= 15 is 0 Å². The monoisotopic (exact) mass is 913 g/mol. The van der Waals surface area contributed by atoms with Gasteiger partial charge in [0.15, 0.2) is 18.9 Å². The van der Waals surface area contributed by atoms with E-state index in [0.717, 1.165) is 37.7 Å². The number of ether oxygens (including phenoxy) is 6. The molecule has 0 amide bonds. The molecule has 3 saturated heterocycles. The predicted molar refractivity (Wildman–Crippen MR) is 225 cm³/mol. The lowest BCUT2D eigenvalue weighted by molar-refractivity contribution is -0.392. The summed E-state index contributed by atoms with van der Waals surface area (Å²) in [5, 5.41) is 109. The van der Waals surface area contributed by atoms with Crippen LogP contribution in [0.1, 0.15) is 113 Å². The molecule has 0 unspecified atom stereocenters. The van der Waals surface area contributed by atoms with Crippen LogP contribution in [0, 0.1) is 50.7 Å². The Labute approximate surface area is 376 Å². The van der Waals surface area contributed by atoms with Crippen LogP contribution in [0.2, 0.25) is 0 Å². The third kappa shape index (κ3) is 7.23. The summed E-state index contributed by atoms with van der Waals surface area (Å²) >= 11 is 0. The van der Waals surface area contributed by atoms with E-state index in [1.165, 1.54) is 6.92 Å². The Balaban J connectivity index is 1.04. The summed E-state index contributed by atoms with van der Waals surface area (Å²) < 4.78 is 36.6. The maximum Gasteiger partial charge on any atom is 0.310 e. The van der Waals surface area contributed by atoms with Crippen LogP contribution < -0.4 is 0 Å². The summed E-state index contributed by atoms with van der Waals surface area (Å²) in [5.74, 6) is -0.871. The van der Waals surface area contributed by atoms with E-state index in [4.69, 9.17) is 28.4 Å². The zero-order valence-corrected chi connectivity index (χ0v) is 38.7. The van der Waals surface area contributed by atoms with Gasteiger partial charge in [0.05, 0.1) is 36.4 Å². The van der Waals surface area contributed by atoms with Crippen LogP contribution in [-0.4, -0.2) is 168 Å². The zero-order chi connectivity index (χ0) is 46.9. The van der Waals surface area contributed by atoms with Crippen molar-refractivity contribution in [3.05, 3.63) is 11.6 Å². The van der Waals surface area contributed by atoms with Gasteiger partial charge in [0, 0.05) is 5.92 Å². The summed E-state index contributed by atoms with van der Waals surface area (Å²) in [6.45, 7) is 15.9. The van der Waals surface area contributed by atoms with E-state index in [1.54, 1.807) is 0 Å². The van der Waals surface area contributed by atoms with Crippen molar-refractivity contribution in [3.8, 4) is 0 Å². The molecule has 4 saturated carbocycles. The number of carboxylic acid groups (broad SMARTS) is 1. The van der Waals surface area contributed by atoms with E-state index < -0.39 is 127 Å². The number of aliphatic carboxylic acids is 1. The van der Waals surface area contributed by atoms with Gasteiger partial charge in [0.25, 0.3) is 0 Å². The molecule has 3 heterocycles. The van der Waals surface area contributed by atoms with Gasteiger partial charge < -0.3 is 79.5 Å². The smallest absolute Gasteiger partial charge is 0.310 e. The largest absolute Gasteiger partial charge is 0.481 e. The van der Waals surface area contributed by atoms with E-state index in [9.17, 15) is 55.9 Å². The minimum Gasteiger partial charge on any atom is -0.481 e. The van der Waals surface area contributed by atoms with Crippen molar-refractivity contribution < 1.29 is 84.3 Å². The average Bonchev–Trinajstić information content (AvgIpc) is 3.23. The Kier molecular flexibility index (Phi) is 13.0. The van der Waals surface area contributed by atoms with Gasteiger partial charge in [-0.3, -0.25) is 4.79 Å². The van der Waals surface area contributed by atoms with E-state index in [0.29, 0.717) is 25.7 Å². The number of aliphatic hydroxyl groups excluding tert-OH is 8. The van der Waals surface area contributed by atoms with Gasteiger partial charge in [-0.15, -0.1) is 0 Å². The topological polar surface area (TPSA) is 275 Å². The molecule has 5 aliphatic carbocycles. The fourth-order valence-electron chi connectivity index (χ4n) is 15.0. The molecule has 3 aliphatic heterocycles. The minimum absolute atomic E-state index is 0.0348. The minimum atomic E-state index is -1.80. The Morgan fingerprint density at radius 2 is 1.39 bits per heavy atom. The normalized spacial score (nSPS) is 56.1. The van der Waals surface area contributed by atoms with Gasteiger partial charge in [0.2, 0.25) is 0 Å². The molecule has 366 valence electrons. The summed E-state index contributed by atoms with van der Waals surface area (Å²) in [6.07, 6.45) is -13.0. The Morgan fingerprint density at radius 1 is 0.719 bits per heavy atom. The Bertz CT molecular complexity index is 1760. The molecule has 10 N–H and O–H groups in total. The first kappa shape index (κ1) is 49.0. The molecule has 7 fully saturated rings. The summed E-state index contributed by atoms with van der Waals surface area (Å²) in [4.78, 5) is 13.2. The highest BCUT2D eigenvalue weighted by molar-refractivity contribution is 5.77. The van der Waals surface area contributed by atoms with Crippen LogP contribution in [0.3, 0.4) is 0 Å². The first-order valence-electron chi connectivity index (χ1n) is 23.7. The van der Waals surface area contributed by atoms with Crippen LogP contribution in [0.25, 0.3) is 0 Å². The number of aliphatic hydroxyl groups is 9. The molecule has 8 rings (SSSR count). The number of allylic oxidation sites excluding steroid dienone is 1. The van der Waals surface area contributed by atoms with E-state index in [1.807, 2.05) is 13.8 Å². The quantitative estimate of drug-likeness (QED) is 0.122. The van der Waals surface area contributed by atoms with Gasteiger partial charge >= 0.3 is 5.97 Å². The summed E-state index contributed by atoms with van der Waals surface area (Å²) in [5.41, 5.74) is -2.10. The second kappa shape index (κ2) is 16.9. The molecule has 0 bridgehead atoms. The number of fused-ring (bicyclic) bond motifs is 7. The van der Waals surface area contributed by atoms with Crippen LogP contribution in [0.15, 0.2) is 11.6 Å². The van der Waals surface area contributed by atoms with Crippen molar-refractivity contribution in [2.24, 2.45) is 50.7 Å². The van der Waals surface area contributed by atoms with Crippen molar-refractivity contribution >= 4 is 5.97 Å². The molecule has 17 heteroatoms. The van der Waals surface area contributed by atoms with Gasteiger partial charge in [-0.2, -0.15) is 0 Å². The lowest BCUT2D eigenvalue weighted by Gasteiger charge is -2.72. The van der Waals surface area contributed by atoms with E-state index in [2.05, 4.69) is 40.7 Å². The maximum absolute atomic E-state index is 13.2. The fourth-order valence-corrected chi connectivity index (χ4v) is 15.0. The van der Waals surface area contributed by atoms with Crippen LogP contribution in [-0.2, 0) is 33.2 Å². The van der Waals surface area contributed by atoms with Crippen molar-refractivity contribution in [3.63, 3.8) is 0 Å². The summed E-state index contributed by atoms with van der Waals surface area (Å²) in [6, 6.07) is 0. The first-order chi connectivity index (χ1) is 29.8. The van der Waals surface area contributed by atoms with Crippen LogP contribution in [0.5, 0.6) is 0 Å². The molecule has 0 aromatic heterocycles. The number of hydrogen-bond acceptors (Lipinski definition) is 16. The predicted octanol–water partition coefficient (Wildman–Crippen LogP) is 1.34. The second-order valence-electron chi connectivity index (χ2n) is 22.7. The number of carboxylic acids is 1. The molecule has 0 radical (unpaired) electrons. The van der Waals surface area contributed by atoms with Crippen molar-refractivity contribution in [1.29, 1.82) is 0 Å². The van der Waals surface area contributed by atoms with Gasteiger partial charge in [-0.05, 0) is 111 Å². The second-order valence-corrected chi connectivity index (χ2v) is 22.7. The molecule has 0 aromatic rings. The van der Waals surface area contributed by atoms with Crippen LogP contribution >= 0.6 is 0 Å². The summed E-state index contributed by atoms with van der Waals surface area (Å²) in [7, 11) is 0. The molecule has 17 nitrogen and oxygen atoms in total. The molecular formula is C47H76O17. The SMILES string of the molecule is C[C@@H]1O[C@@H](O[C@H]2[C@H](O[C@H]3[C@H](O[C@H]4CC[C@]5(C)[C@H]6CC=C7[C@H]8[C@](C(=O)O)(CC[C@@H](C)[C@@]8(C)O)CC[C@@]7(C)[C@]6(C)CC[C@H]5C4(C)C)OC[C@H](O)[C@@H]3O)O[C@H](CO)[C@@H](O)[C@@H]2O)[C@H](O)[C@H](O)[C@H]1O. The average molecular weight is 913 g/mol. The lowest BCUT2D eigenvalue weighted by Crippen LogP contribution is -2.68. The highest BCUT2D eigenvalue weighted by Crippen LogP contribution is 2.76. The first-order valence-corrected chi connectivity index (χ1v) is 23.7. The van der Waals surface area contributed by atoms with Gasteiger partial charge in [-0.1, -0.05) is 53.2 Å². The van der Waals surface area contributed by atoms with Crippen molar-refractivity contribution in [1.82, 2.24) is 0 Å². The Hall–Kier alpha value is -1.39. The highest BCUT2D eigenvalue weighted by atomic mass is 16.8. The molecule has 0 spiro atoms. The van der Waals surface area contributed by atoms with E-state index in [-0.39, 0.29) is 40.6 Å². The molecule has 24 atom stereocenters. The standard InChI is InChI=1S/C47H76O17/c1-21-11-16-47(41(56)57)18-17-44(6)23(37(47)46(21,8)58)9-10-27-43(5)14-13-28(42(3,4)26(43)12-15-45(27,44)7)62-39-35(30(51)24(49)20-59-39)64-40-36(33(54)31(52)25(19-48)61-40)63-38-34(55)32(53)29(50)22(2)60-38/h9,21-22,24-40,48-55,58H,10-20H2,1-8H3,(H,56,57)/t21-,22+,24+,25-,26+,27-,28+,29+,30+,31-,32-,33+,34-,35-,36-,37-,38+,39+,40+,43+,44-,45-,46-,47+/m1/s1. The Morgan fingerprint density at radius 3 is 2.06 bits per heavy atom. The number of rotatable bonds is 8. The third-order valence-corrected chi connectivity index (χ3v) is 19.4. The van der Waals surface area contributed by atoms with Crippen molar-refractivity contribution in [2.75, 3.05) is 13.2 Å².